The van der Waals surface area contributed by atoms with Gasteiger partial charge in [0.1, 0.15) is 11.4 Å². The quantitative estimate of drug-likeness (QED) is 0.675. The van der Waals surface area contributed by atoms with E-state index in [0.717, 1.165) is 30.6 Å². The van der Waals surface area contributed by atoms with Crippen LogP contribution in [0.3, 0.4) is 0 Å². The van der Waals surface area contributed by atoms with Crippen molar-refractivity contribution in [2.75, 3.05) is 11.9 Å². The monoisotopic (exact) mass is 280 g/mol. The Hall–Kier alpha value is -2.31. The number of carbonyl (C=O) groups is 1. The maximum atomic E-state index is 11.0. The van der Waals surface area contributed by atoms with Gasteiger partial charge in [-0.1, -0.05) is 0 Å². The van der Waals surface area contributed by atoms with Gasteiger partial charge in [0.25, 0.3) is 5.69 Å². The molecule has 1 aromatic rings. The predicted molar refractivity (Wildman–Crippen MR) is 72.4 cm³/mol. The van der Waals surface area contributed by atoms with E-state index in [1.165, 1.54) is 25.2 Å². The number of hydrogen-bond donors (Lipinski definition) is 1. The van der Waals surface area contributed by atoms with E-state index in [1.807, 2.05) is 0 Å². The summed E-state index contributed by atoms with van der Waals surface area (Å²) in [5, 5.41) is 19.9. The van der Waals surface area contributed by atoms with Gasteiger partial charge in [0, 0.05) is 19.2 Å². The summed E-state index contributed by atoms with van der Waals surface area (Å²) in [5.41, 5.74) is -0.244. The van der Waals surface area contributed by atoms with E-state index < -0.39 is 11.0 Å². The van der Waals surface area contributed by atoms with Crippen molar-refractivity contribution in [2.45, 2.75) is 31.8 Å². The van der Waals surface area contributed by atoms with Crippen molar-refractivity contribution in [3.8, 4) is 5.75 Å². The molecule has 20 heavy (non-hydrogen) atoms. The molecule has 1 amide bonds. The molecule has 7 nitrogen and oxygen atoms in total. The highest BCUT2D eigenvalue weighted by atomic mass is 16.6. The van der Waals surface area contributed by atoms with E-state index in [2.05, 4.69) is 0 Å². The van der Waals surface area contributed by atoms with Crippen LogP contribution in [-0.4, -0.2) is 29.3 Å². The van der Waals surface area contributed by atoms with Crippen LogP contribution in [-0.2, 0) is 0 Å². The summed E-state index contributed by atoms with van der Waals surface area (Å²) in [6.07, 6.45) is 2.99. The average molecular weight is 280 g/mol. The van der Waals surface area contributed by atoms with Crippen molar-refractivity contribution in [1.82, 2.24) is 0 Å². The van der Waals surface area contributed by atoms with E-state index >= 15 is 0 Å². The van der Waals surface area contributed by atoms with Crippen LogP contribution < -0.4 is 9.64 Å². The summed E-state index contributed by atoms with van der Waals surface area (Å²) >= 11 is 0. The second-order valence-electron chi connectivity index (χ2n) is 4.77. The van der Waals surface area contributed by atoms with Gasteiger partial charge in [-0.05, 0) is 31.7 Å². The summed E-state index contributed by atoms with van der Waals surface area (Å²) in [4.78, 5) is 22.2. The normalized spacial score (nSPS) is 15.1. The molecule has 1 aliphatic rings. The highest BCUT2D eigenvalue weighted by molar-refractivity contribution is 5.89. The number of benzene rings is 1. The maximum absolute atomic E-state index is 11.0. The van der Waals surface area contributed by atoms with Gasteiger partial charge < -0.3 is 9.84 Å². The van der Waals surface area contributed by atoms with Crippen molar-refractivity contribution in [2.24, 2.45) is 0 Å². The van der Waals surface area contributed by atoms with Crippen LogP contribution >= 0.6 is 0 Å². The number of anilines is 1. The largest absolute Gasteiger partial charge is 0.490 e. The standard InChI is InChI=1S/C13H16N2O5/c1-14(13(16)17)12-8-10(6-7-11(12)15(18)19)20-9-4-2-3-5-9/h6-9H,2-5H2,1H3,(H,16,17). The highest BCUT2D eigenvalue weighted by Gasteiger charge is 2.23. The molecule has 0 unspecified atom stereocenters. The minimum absolute atomic E-state index is 0.0120. The lowest BCUT2D eigenvalue weighted by Crippen LogP contribution is -2.24. The maximum Gasteiger partial charge on any atom is 0.411 e. The molecule has 0 saturated heterocycles. The third kappa shape index (κ3) is 2.98. The second kappa shape index (κ2) is 5.77. The first-order chi connectivity index (χ1) is 9.49. The van der Waals surface area contributed by atoms with Crippen molar-refractivity contribution < 1.29 is 19.6 Å². The Bertz CT molecular complexity index is 525. The van der Waals surface area contributed by atoms with Crippen LogP contribution in [0.4, 0.5) is 16.2 Å². The summed E-state index contributed by atoms with van der Waals surface area (Å²) in [7, 11) is 1.27. The first kappa shape index (κ1) is 14.1. The van der Waals surface area contributed by atoms with Crippen LogP contribution in [0, 0.1) is 10.1 Å². The zero-order valence-electron chi connectivity index (χ0n) is 11.1. The molecule has 0 spiro atoms. The Kier molecular flexibility index (Phi) is 4.07. The molecule has 0 heterocycles. The van der Waals surface area contributed by atoms with Crippen molar-refractivity contribution in [3.63, 3.8) is 0 Å². The third-order valence-corrected chi connectivity index (χ3v) is 3.40. The average Bonchev–Trinajstić information content (AvgIpc) is 2.90. The fourth-order valence-electron chi connectivity index (χ4n) is 2.30. The summed E-state index contributed by atoms with van der Waals surface area (Å²) in [5.74, 6) is 0.464. The van der Waals surface area contributed by atoms with Gasteiger partial charge in [0.15, 0.2) is 0 Å². The molecule has 1 N–H and O–H groups in total. The first-order valence-electron chi connectivity index (χ1n) is 6.41. The summed E-state index contributed by atoms with van der Waals surface area (Å²) < 4.78 is 5.74. The Balaban J connectivity index is 2.29. The number of carboxylic acid groups (broad SMARTS) is 1. The van der Waals surface area contributed by atoms with E-state index in [-0.39, 0.29) is 17.5 Å². The molecule has 1 saturated carbocycles. The highest BCUT2D eigenvalue weighted by Crippen LogP contribution is 2.33. The fourth-order valence-corrected chi connectivity index (χ4v) is 2.30. The van der Waals surface area contributed by atoms with Gasteiger partial charge in [-0.3, -0.25) is 15.0 Å². The Morgan fingerprint density at radius 3 is 2.65 bits per heavy atom. The minimum atomic E-state index is -1.26. The molecule has 0 radical (unpaired) electrons. The second-order valence-corrected chi connectivity index (χ2v) is 4.77. The van der Waals surface area contributed by atoms with Gasteiger partial charge in [-0.2, -0.15) is 0 Å². The molecule has 1 fully saturated rings. The Morgan fingerprint density at radius 1 is 1.45 bits per heavy atom. The zero-order valence-corrected chi connectivity index (χ0v) is 11.1. The van der Waals surface area contributed by atoms with Gasteiger partial charge in [0.2, 0.25) is 0 Å². The SMILES string of the molecule is CN(C(=O)O)c1cc(OC2CCCC2)ccc1[N+](=O)[O-]. The number of nitro groups is 1. The lowest BCUT2D eigenvalue weighted by atomic mass is 10.2. The molecule has 2 rings (SSSR count). The van der Waals surface area contributed by atoms with Gasteiger partial charge >= 0.3 is 6.09 Å². The molecule has 1 aromatic carbocycles. The fraction of sp³-hybridized carbons (Fsp3) is 0.462. The number of amides is 1. The molecule has 1 aliphatic carbocycles. The first-order valence-corrected chi connectivity index (χ1v) is 6.41. The molecular formula is C13H16N2O5. The molecular weight excluding hydrogens is 264 g/mol. The molecule has 0 aliphatic heterocycles. The zero-order chi connectivity index (χ0) is 14.7. The van der Waals surface area contributed by atoms with Crippen molar-refractivity contribution >= 4 is 17.5 Å². The Morgan fingerprint density at radius 2 is 2.10 bits per heavy atom. The predicted octanol–water partition coefficient (Wildman–Crippen LogP) is 3.03. The topological polar surface area (TPSA) is 92.9 Å². The molecule has 108 valence electrons. The summed E-state index contributed by atoms with van der Waals surface area (Å²) in [6, 6.07) is 4.19. The molecule has 0 atom stereocenters. The van der Waals surface area contributed by atoms with Crippen LogP contribution in [0.25, 0.3) is 0 Å². The smallest absolute Gasteiger partial charge is 0.411 e. The molecule has 0 bridgehead atoms. The van der Waals surface area contributed by atoms with E-state index in [0.29, 0.717) is 5.75 Å². The third-order valence-electron chi connectivity index (χ3n) is 3.40. The molecule has 7 heteroatoms. The number of nitrogens with zero attached hydrogens (tertiary/aromatic N) is 2. The van der Waals surface area contributed by atoms with Crippen molar-refractivity contribution in [1.29, 1.82) is 0 Å². The van der Waals surface area contributed by atoms with E-state index in [1.54, 1.807) is 0 Å². The lowest BCUT2D eigenvalue weighted by molar-refractivity contribution is -0.384. The van der Waals surface area contributed by atoms with Gasteiger partial charge in [-0.15, -0.1) is 0 Å². The Labute approximate surface area is 115 Å². The van der Waals surface area contributed by atoms with Gasteiger partial charge in [-0.25, -0.2) is 4.79 Å². The molecule has 0 aromatic heterocycles. The number of hydrogen-bond acceptors (Lipinski definition) is 4. The summed E-state index contributed by atoms with van der Waals surface area (Å²) in [6.45, 7) is 0. The van der Waals surface area contributed by atoms with Crippen molar-refractivity contribution in [3.05, 3.63) is 28.3 Å². The number of ether oxygens (including phenoxy) is 1. The van der Waals surface area contributed by atoms with Gasteiger partial charge in [0.05, 0.1) is 11.0 Å². The van der Waals surface area contributed by atoms with Crippen LogP contribution in [0.15, 0.2) is 18.2 Å². The van der Waals surface area contributed by atoms with Crippen LogP contribution in [0.2, 0.25) is 0 Å². The van der Waals surface area contributed by atoms with E-state index in [9.17, 15) is 14.9 Å². The van der Waals surface area contributed by atoms with Crippen LogP contribution in [0.1, 0.15) is 25.7 Å². The number of nitro benzene ring substituents is 1. The number of rotatable bonds is 4. The minimum Gasteiger partial charge on any atom is -0.490 e. The lowest BCUT2D eigenvalue weighted by Gasteiger charge is -2.17. The van der Waals surface area contributed by atoms with Crippen LogP contribution in [0.5, 0.6) is 5.75 Å². The van der Waals surface area contributed by atoms with E-state index in [4.69, 9.17) is 9.84 Å².